The van der Waals surface area contributed by atoms with Crippen molar-refractivity contribution in [3.8, 4) is 5.75 Å². The van der Waals surface area contributed by atoms with Crippen molar-refractivity contribution in [1.29, 1.82) is 0 Å². The van der Waals surface area contributed by atoms with Gasteiger partial charge in [-0.15, -0.1) is 0 Å². The Labute approximate surface area is 95.0 Å². The topological polar surface area (TPSA) is 50.4 Å². The smallest absolute Gasteiger partial charge is 0.298 e. The van der Waals surface area contributed by atoms with Crippen molar-refractivity contribution in [2.45, 2.75) is 12.5 Å². The molecule has 0 aliphatic carbocycles. The molecule has 1 aromatic carbocycles. The van der Waals surface area contributed by atoms with Crippen LogP contribution in [0.5, 0.6) is 5.75 Å². The largest absolute Gasteiger partial charge is 0.429 e. The van der Waals surface area contributed by atoms with Gasteiger partial charge < -0.3 is 15.4 Å². The molecule has 1 aliphatic rings. The number of nitrogens with one attached hydrogen (secondary N) is 2. The Morgan fingerprint density at radius 2 is 2.12 bits per heavy atom. The van der Waals surface area contributed by atoms with Crippen LogP contribution in [0.3, 0.4) is 0 Å². The normalized spacial score (nSPS) is 20.4. The molecule has 86 valence electrons. The molecule has 4 heteroatoms. The predicted molar refractivity (Wildman–Crippen MR) is 61.5 cm³/mol. The van der Waals surface area contributed by atoms with Gasteiger partial charge in [0.1, 0.15) is 5.75 Å². The highest BCUT2D eigenvalue weighted by atomic mass is 16.5. The zero-order valence-corrected chi connectivity index (χ0v) is 9.11. The lowest BCUT2D eigenvalue weighted by Gasteiger charge is -2.24. The molecule has 0 radical (unpaired) electrons. The molecule has 4 nitrogen and oxygen atoms in total. The van der Waals surface area contributed by atoms with Crippen LogP contribution in [0.1, 0.15) is 5.56 Å². The first-order valence-corrected chi connectivity index (χ1v) is 5.52. The number of hydrogen-bond donors (Lipinski definition) is 2. The second-order valence-electron chi connectivity index (χ2n) is 3.92. The first-order valence-electron chi connectivity index (χ1n) is 5.52. The Morgan fingerprint density at radius 1 is 1.31 bits per heavy atom. The minimum Gasteiger partial charge on any atom is -0.429 e. The molecule has 0 saturated carbocycles. The molecule has 1 aromatic rings. The van der Waals surface area contributed by atoms with E-state index in [4.69, 9.17) is 4.74 Å². The SMILES string of the molecule is O=COc1ccc(C[C@@H]2CNCCN2)cc1. The molecule has 0 amide bonds. The van der Waals surface area contributed by atoms with Crippen LogP contribution in [0, 0.1) is 0 Å². The summed E-state index contributed by atoms with van der Waals surface area (Å²) in [5.41, 5.74) is 1.25. The van der Waals surface area contributed by atoms with Crippen LogP contribution in [0.2, 0.25) is 0 Å². The van der Waals surface area contributed by atoms with Gasteiger partial charge in [0.05, 0.1) is 0 Å². The molecule has 1 fully saturated rings. The molecule has 1 aliphatic heterocycles. The van der Waals surface area contributed by atoms with Gasteiger partial charge in [-0.25, -0.2) is 0 Å². The number of ether oxygens (including phenoxy) is 1. The Hall–Kier alpha value is -1.39. The third kappa shape index (κ3) is 3.05. The van der Waals surface area contributed by atoms with Gasteiger partial charge in [-0.1, -0.05) is 12.1 Å². The molecule has 1 heterocycles. The van der Waals surface area contributed by atoms with Crippen LogP contribution in [0.15, 0.2) is 24.3 Å². The summed E-state index contributed by atoms with van der Waals surface area (Å²) < 4.78 is 4.74. The highest BCUT2D eigenvalue weighted by Gasteiger charge is 2.12. The molecular weight excluding hydrogens is 204 g/mol. The number of carbonyl (C=O) groups excluding carboxylic acids is 1. The van der Waals surface area contributed by atoms with Crippen LogP contribution in [0.4, 0.5) is 0 Å². The van der Waals surface area contributed by atoms with Gasteiger partial charge >= 0.3 is 0 Å². The minimum atomic E-state index is 0.446. The second-order valence-corrected chi connectivity index (χ2v) is 3.92. The maximum absolute atomic E-state index is 10.1. The van der Waals surface area contributed by atoms with Crippen molar-refractivity contribution in [2.24, 2.45) is 0 Å². The van der Waals surface area contributed by atoms with Gasteiger partial charge in [-0.05, 0) is 24.1 Å². The quantitative estimate of drug-likeness (QED) is 0.718. The first-order chi connectivity index (χ1) is 7.88. The minimum absolute atomic E-state index is 0.446. The number of benzene rings is 1. The zero-order valence-electron chi connectivity index (χ0n) is 9.11. The highest BCUT2D eigenvalue weighted by molar-refractivity contribution is 5.45. The summed E-state index contributed by atoms with van der Waals surface area (Å²) in [5, 5.41) is 6.81. The van der Waals surface area contributed by atoms with Crippen LogP contribution in [0.25, 0.3) is 0 Å². The predicted octanol–water partition coefficient (Wildman–Crippen LogP) is 0.326. The summed E-state index contributed by atoms with van der Waals surface area (Å²) in [6.45, 7) is 3.52. The third-order valence-electron chi connectivity index (χ3n) is 2.72. The number of hydrogen-bond acceptors (Lipinski definition) is 4. The van der Waals surface area contributed by atoms with E-state index in [1.807, 2.05) is 24.3 Å². The Balaban J connectivity index is 1.90. The Kier molecular flexibility index (Phi) is 3.91. The first kappa shape index (κ1) is 11.1. The van der Waals surface area contributed by atoms with E-state index in [1.165, 1.54) is 5.56 Å². The zero-order chi connectivity index (χ0) is 11.2. The molecule has 0 spiro atoms. The summed E-state index contributed by atoms with van der Waals surface area (Å²) in [6, 6.07) is 8.12. The van der Waals surface area contributed by atoms with Crippen LogP contribution < -0.4 is 15.4 Å². The molecule has 2 rings (SSSR count). The van der Waals surface area contributed by atoms with Gasteiger partial charge in [0, 0.05) is 25.7 Å². The van der Waals surface area contributed by atoms with Crippen molar-refractivity contribution in [3.05, 3.63) is 29.8 Å². The number of rotatable bonds is 4. The van der Waals surface area contributed by atoms with Crippen molar-refractivity contribution in [1.82, 2.24) is 10.6 Å². The molecule has 0 bridgehead atoms. The molecule has 1 saturated heterocycles. The van der Waals surface area contributed by atoms with E-state index >= 15 is 0 Å². The monoisotopic (exact) mass is 220 g/mol. The highest BCUT2D eigenvalue weighted by Crippen LogP contribution is 2.12. The van der Waals surface area contributed by atoms with Gasteiger partial charge in [0.15, 0.2) is 0 Å². The number of piperazine rings is 1. The maximum atomic E-state index is 10.1. The van der Waals surface area contributed by atoms with Crippen LogP contribution in [-0.4, -0.2) is 32.1 Å². The van der Waals surface area contributed by atoms with Crippen molar-refractivity contribution in [3.63, 3.8) is 0 Å². The molecular formula is C12H16N2O2. The van der Waals surface area contributed by atoms with E-state index in [0.717, 1.165) is 26.1 Å². The van der Waals surface area contributed by atoms with Crippen LogP contribution in [-0.2, 0) is 11.2 Å². The summed E-state index contributed by atoms with van der Waals surface area (Å²) >= 11 is 0. The van der Waals surface area contributed by atoms with Crippen molar-refractivity contribution >= 4 is 6.47 Å². The maximum Gasteiger partial charge on any atom is 0.298 e. The summed E-state index contributed by atoms with van der Waals surface area (Å²) in [6.07, 6.45) is 0.994. The van der Waals surface area contributed by atoms with Gasteiger partial charge in [0.2, 0.25) is 0 Å². The summed E-state index contributed by atoms with van der Waals surface area (Å²) in [7, 11) is 0. The standard InChI is InChI=1S/C12H16N2O2/c15-9-16-12-3-1-10(2-4-12)7-11-8-13-5-6-14-11/h1-4,9,11,13-14H,5-8H2/t11-/m1/s1. The fraction of sp³-hybridized carbons (Fsp3) is 0.417. The van der Waals surface area contributed by atoms with E-state index in [9.17, 15) is 4.79 Å². The lowest BCUT2D eigenvalue weighted by atomic mass is 10.0. The van der Waals surface area contributed by atoms with Crippen LogP contribution >= 0.6 is 0 Å². The van der Waals surface area contributed by atoms with E-state index < -0.39 is 0 Å². The molecule has 0 aromatic heterocycles. The van der Waals surface area contributed by atoms with Gasteiger partial charge in [0.25, 0.3) is 6.47 Å². The fourth-order valence-electron chi connectivity index (χ4n) is 1.90. The third-order valence-corrected chi connectivity index (χ3v) is 2.72. The molecule has 0 unspecified atom stereocenters. The Bertz CT molecular complexity index is 331. The molecule has 2 N–H and O–H groups in total. The Morgan fingerprint density at radius 3 is 2.75 bits per heavy atom. The number of carbonyl (C=O) groups is 1. The van der Waals surface area contributed by atoms with Gasteiger partial charge in [-0.2, -0.15) is 0 Å². The van der Waals surface area contributed by atoms with Gasteiger partial charge in [-0.3, -0.25) is 4.79 Å². The van der Waals surface area contributed by atoms with Crippen molar-refractivity contribution < 1.29 is 9.53 Å². The average molecular weight is 220 g/mol. The van der Waals surface area contributed by atoms with E-state index in [-0.39, 0.29) is 0 Å². The lowest BCUT2D eigenvalue weighted by Crippen LogP contribution is -2.49. The van der Waals surface area contributed by atoms with E-state index in [1.54, 1.807) is 0 Å². The summed E-state index contributed by atoms with van der Waals surface area (Å²) in [4.78, 5) is 10.1. The fourth-order valence-corrected chi connectivity index (χ4v) is 1.90. The lowest BCUT2D eigenvalue weighted by molar-refractivity contribution is -0.120. The molecule has 1 atom stereocenters. The summed E-state index contributed by atoms with van der Waals surface area (Å²) in [5.74, 6) is 0.591. The van der Waals surface area contributed by atoms with Crippen molar-refractivity contribution in [2.75, 3.05) is 19.6 Å². The molecule has 16 heavy (non-hydrogen) atoms. The second kappa shape index (κ2) is 5.63. The van der Waals surface area contributed by atoms with E-state index in [0.29, 0.717) is 18.3 Å². The van der Waals surface area contributed by atoms with E-state index in [2.05, 4.69) is 10.6 Å². The average Bonchev–Trinajstić information content (AvgIpc) is 2.33.